The number of likely N-dealkylation sites (tertiary alicyclic amines) is 1. The number of benzene rings is 2. The molecule has 2 aromatic heterocycles. The first-order chi connectivity index (χ1) is 17.2. The molecule has 35 heavy (non-hydrogen) atoms. The predicted octanol–water partition coefficient (Wildman–Crippen LogP) is 4.33. The van der Waals surface area contributed by atoms with E-state index in [0.717, 1.165) is 66.4 Å². The smallest absolute Gasteiger partial charge is 0.245 e. The van der Waals surface area contributed by atoms with Gasteiger partial charge in [-0.3, -0.25) is 0 Å². The number of methoxy groups -OCH3 is 2. The van der Waals surface area contributed by atoms with Crippen LogP contribution in [0.3, 0.4) is 0 Å². The van der Waals surface area contributed by atoms with Crippen LogP contribution in [0.2, 0.25) is 0 Å². The van der Waals surface area contributed by atoms with Gasteiger partial charge in [-0.25, -0.2) is 9.50 Å². The summed E-state index contributed by atoms with van der Waals surface area (Å²) in [5.74, 6) is 2.53. The number of piperidine rings is 1. The number of para-hydroxylation sites is 1. The molecule has 3 heterocycles. The van der Waals surface area contributed by atoms with Gasteiger partial charge in [-0.15, -0.1) is 5.10 Å². The van der Waals surface area contributed by atoms with Crippen molar-refractivity contribution in [1.29, 1.82) is 0 Å². The zero-order valence-corrected chi connectivity index (χ0v) is 20.1. The Labute approximate surface area is 205 Å². The Morgan fingerprint density at radius 2 is 1.80 bits per heavy atom. The van der Waals surface area contributed by atoms with Crippen LogP contribution in [0.4, 0.5) is 11.6 Å². The van der Waals surface area contributed by atoms with Gasteiger partial charge in [0.05, 0.1) is 43.9 Å². The molecule has 4 aromatic rings. The summed E-state index contributed by atoms with van der Waals surface area (Å²) in [5.41, 5.74) is 4.88. The van der Waals surface area contributed by atoms with Crippen LogP contribution in [0, 0.1) is 0 Å². The Hall–Kier alpha value is -3.62. The number of fused-ring (bicyclic) bond motifs is 1. The zero-order valence-electron chi connectivity index (χ0n) is 20.1. The number of rotatable bonds is 8. The third-order valence-corrected chi connectivity index (χ3v) is 6.73. The third-order valence-electron chi connectivity index (χ3n) is 6.73. The summed E-state index contributed by atoms with van der Waals surface area (Å²) in [7, 11) is 3.36. The number of aromatic nitrogens is 3. The molecule has 1 fully saturated rings. The predicted molar refractivity (Wildman–Crippen MR) is 137 cm³/mol. The van der Waals surface area contributed by atoms with Crippen LogP contribution in [-0.4, -0.2) is 65.1 Å². The molecule has 5 rings (SSSR count). The molecule has 0 unspecified atom stereocenters. The Morgan fingerprint density at radius 1 is 1.00 bits per heavy atom. The summed E-state index contributed by atoms with van der Waals surface area (Å²) < 4.78 is 13.1. The van der Waals surface area contributed by atoms with Crippen molar-refractivity contribution in [3.05, 3.63) is 66.4 Å². The van der Waals surface area contributed by atoms with Crippen molar-refractivity contribution in [1.82, 2.24) is 19.5 Å². The molecule has 0 radical (unpaired) electrons. The number of nitrogens with zero attached hydrogens (tertiary/aromatic N) is 4. The van der Waals surface area contributed by atoms with Crippen molar-refractivity contribution in [3.63, 3.8) is 0 Å². The number of β-amino-alcohol motifs (C(OH)–C–C–N with tert-alkyl or cyclic N) is 1. The number of anilines is 2. The fraction of sp³-hybridized carbons (Fsp3) is 0.333. The minimum absolute atomic E-state index is 0.218. The second kappa shape index (κ2) is 10.3. The first kappa shape index (κ1) is 23.1. The molecule has 8 heteroatoms. The van der Waals surface area contributed by atoms with E-state index in [1.165, 1.54) is 5.56 Å². The Morgan fingerprint density at radius 3 is 2.57 bits per heavy atom. The minimum atomic E-state index is 0.218. The number of aliphatic hydroxyl groups excluding tert-OH is 1. The standard InChI is InChI=1S/C27H31N5O3/c1-34-25-6-4-3-5-22(25)24-10-8-21-18-28-27(30-32(21)24)29-23-9-7-20(17-26(23)35-2)19-11-13-31(14-12-19)15-16-33/h3-10,17-19,33H,11-16H2,1-2H3,(H,29,30). The average molecular weight is 474 g/mol. The van der Waals surface area contributed by atoms with Gasteiger partial charge in [0.1, 0.15) is 11.5 Å². The molecular weight excluding hydrogens is 442 g/mol. The molecule has 0 bridgehead atoms. The van der Waals surface area contributed by atoms with Gasteiger partial charge in [-0.2, -0.15) is 0 Å². The summed E-state index contributed by atoms with van der Waals surface area (Å²) in [4.78, 5) is 6.83. The van der Waals surface area contributed by atoms with E-state index in [9.17, 15) is 5.11 Å². The monoisotopic (exact) mass is 473 g/mol. The van der Waals surface area contributed by atoms with Crippen LogP contribution < -0.4 is 14.8 Å². The molecule has 182 valence electrons. The van der Waals surface area contributed by atoms with Crippen LogP contribution in [0.5, 0.6) is 11.5 Å². The van der Waals surface area contributed by atoms with E-state index < -0.39 is 0 Å². The second-order valence-corrected chi connectivity index (χ2v) is 8.76. The van der Waals surface area contributed by atoms with Crippen LogP contribution in [0.15, 0.2) is 60.8 Å². The van der Waals surface area contributed by atoms with E-state index in [4.69, 9.17) is 14.6 Å². The lowest BCUT2D eigenvalue weighted by molar-refractivity contribution is 0.164. The van der Waals surface area contributed by atoms with Crippen LogP contribution >= 0.6 is 0 Å². The summed E-state index contributed by atoms with van der Waals surface area (Å²) in [6, 6.07) is 18.2. The van der Waals surface area contributed by atoms with Crippen LogP contribution in [0.25, 0.3) is 16.8 Å². The molecule has 8 nitrogen and oxygen atoms in total. The maximum Gasteiger partial charge on any atom is 0.245 e. The second-order valence-electron chi connectivity index (χ2n) is 8.76. The first-order valence-electron chi connectivity index (χ1n) is 12.0. The van der Waals surface area contributed by atoms with E-state index >= 15 is 0 Å². The third kappa shape index (κ3) is 4.80. The number of hydrogen-bond donors (Lipinski definition) is 2. The van der Waals surface area contributed by atoms with Crippen LogP contribution in [0.1, 0.15) is 24.3 Å². The van der Waals surface area contributed by atoms with Gasteiger partial charge < -0.3 is 24.8 Å². The number of ether oxygens (including phenoxy) is 2. The minimum Gasteiger partial charge on any atom is -0.496 e. The maximum absolute atomic E-state index is 9.18. The van der Waals surface area contributed by atoms with E-state index in [-0.39, 0.29) is 6.61 Å². The highest BCUT2D eigenvalue weighted by molar-refractivity contribution is 5.72. The summed E-state index contributed by atoms with van der Waals surface area (Å²) >= 11 is 0. The molecule has 2 N–H and O–H groups in total. The Bertz CT molecular complexity index is 1300. The lowest BCUT2D eigenvalue weighted by Crippen LogP contribution is -2.34. The zero-order chi connectivity index (χ0) is 24.2. The molecule has 1 aliphatic rings. The van der Waals surface area contributed by atoms with E-state index in [1.54, 1.807) is 20.4 Å². The van der Waals surface area contributed by atoms with Crippen molar-refractivity contribution in [2.75, 3.05) is 45.8 Å². The van der Waals surface area contributed by atoms with Crippen molar-refractivity contribution < 1.29 is 14.6 Å². The van der Waals surface area contributed by atoms with Gasteiger partial charge in [-0.05, 0) is 73.8 Å². The maximum atomic E-state index is 9.18. The van der Waals surface area contributed by atoms with Crippen LogP contribution in [-0.2, 0) is 0 Å². The summed E-state index contributed by atoms with van der Waals surface area (Å²) in [5, 5.41) is 17.3. The Kier molecular flexibility index (Phi) is 6.83. The van der Waals surface area contributed by atoms with Gasteiger partial charge in [0.15, 0.2) is 0 Å². The largest absolute Gasteiger partial charge is 0.496 e. The van der Waals surface area contributed by atoms with Crippen molar-refractivity contribution in [2.24, 2.45) is 0 Å². The van der Waals surface area contributed by atoms with Gasteiger partial charge >= 0.3 is 0 Å². The molecule has 0 saturated carbocycles. The number of nitrogens with one attached hydrogen (secondary N) is 1. The molecule has 0 spiro atoms. The lowest BCUT2D eigenvalue weighted by atomic mass is 9.89. The fourth-order valence-corrected chi connectivity index (χ4v) is 4.84. The quantitative estimate of drug-likeness (QED) is 0.394. The fourth-order valence-electron chi connectivity index (χ4n) is 4.84. The number of aliphatic hydroxyl groups is 1. The van der Waals surface area contributed by atoms with E-state index in [1.807, 2.05) is 47.0 Å². The van der Waals surface area contributed by atoms with Crippen molar-refractivity contribution >= 4 is 17.2 Å². The highest BCUT2D eigenvalue weighted by Crippen LogP contribution is 2.35. The highest BCUT2D eigenvalue weighted by atomic mass is 16.5. The molecule has 0 atom stereocenters. The first-order valence-corrected chi connectivity index (χ1v) is 12.0. The highest BCUT2D eigenvalue weighted by Gasteiger charge is 2.21. The summed E-state index contributed by atoms with van der Waals surface area (Å²) in [6.07, 6.45) is 3.96. The molecule has 1 saturated heterocycles. The van der Waals surface area contributed by atoms with Gasteiger partial charge in [0.25, 0.3) is 0 Å². The van der Waals surface area contributed by atoms with Gasteiger partial charge in [0.2, 0.25) is 5.95 Å². The molecule has 0 aliphatic carbocycles. The molecule has 0 amide bonds. The SMILES string of the molecule is COc1cc(C2CCN(CCO)CC2)ccc1Nc1ncc2ccc(-c3ccccc3OC)n2n1. The van der Waals surface area contributed by atoms with E-state index in [2.05, 4.69) is 27.3 Å². The Balaban J connectivity index is 1.39. The topological polar surface area (TPSA) is 84.2 Å². The lowest BCUT2D eigenvalue weighted by Gasteiger charge is -2.31. The molecule has 1 aliphatic heterocycles. The molecular formula is C27H31N5O3. The number of hydrogen-bond acceptors (Lipinski definition) is 7. The van der Waals surface area contributed by atoms with Crippen molar-refractivity contribution in [2.45, 2.75) is 18.8 Å². The normalized spacial score (nSPS) is 14.8. The van der Waals surface area contributed by atoms with Gasteiger partial charge in [-0.1, -0.05) is 18.2 Å². The van der Waals surface area contributed by atoms with E-state index in [0.29, 0.717) is 11.9 Å². The molecule has 2 aromatic carbocycles. The van der Waals surface area contributed by atoms with Gasteiger partial charge in [0, 0.05) is 12.1 Å². The average Bonchev–Trinajstić information content (AvgIpc) is 3.32. The summed E-state index contributed by atoms with van der Waals surface area (Å²) in [6.45, 7) is 2.99. The van der Waals surface area contributed by atoms with Crippen molar-refractivity contribution in [3.8, 4) is 22.8 Å².